The number of carbonyl (C=O) groups is 2. The van der Waals surface area contributed by atoms with Gasteiger partial charge in [-0.3, -0.25) is 4.79 Å². The predicted molar refractivity (Wildman–Crippen MR) is 199 cm³/mol. The van der Waals surface area contributed by atoms with Gasteiger partial charge in [0, 0.05) is 43.2 Å². The van der Waals surface area contributed by atoms with Crippen molar-refractivity contribution in [3.05, 3.63) is 47.5 Å². The molecule has 1 saturated heterocycles. The molecule has 9 nitrogen and oxygen atoms in total. The number of likely N-dealkylation sites (tertiary alicyclic amines) is 1. The van der Waals surface area contributed by atoms with E-state index < -0.39 is 19.8 Å². The number of piperidine rings is 1. The Balaban J connectivity index is 1.38. The molecule has 10 heteroatoms. The quantitative estimate of drug-likeness (QED) is 0.160. The highest BCUT2D eigenvalue weighted by Crippen LogP contribution is 2.39. The molecule has 2 fully saturated rings. The lowest BCUT2D eigenvalue weighted by molar-refractivity contribution is 0.0416. The molecule has 260 valence electrons. The van der Waals surface area contributed by atoms with E-state index in [2.05, 4.69) is 76.7 Å². The molecule has 49 heavy (non-hydrogen) atoms. The fourth-order valence-electron chi connectivity index (χ4n) is 6.86. The smallest absolute Gasteiger partial charge is 0.407 e. The van der Waals surface area contributed by atoms with E-state index in [4.69, 9.17) is 14.5 Å². The van der Waals surface area contributed by atoms with Crippen LogP contribution in [0.15, 0.2) is 36.4 Å². The van der Waals surface area contributed by atoms with Gasteiger partial charge in [0.15, 0.2) is 5.82 Å². The van der Waals surface area contributed by atoms with Crippen LogP contribution in [-0.2, 0) is 18.3 Å². The molecule has 6 rings (SSSR count). The summed E-state index contributed by atoms with van der Waals surface area (Å²) in [4.78, 5) is 33.8. The van der Waals surface area contributed by atoms with Crippen LogP contribution in [0.4, 0.5) is 4.79 Å². The van der Waals surface area contributed by atoms with Crippen LogP contribution in [0, 0.1) is 23.3 Å². The Kier molecular flexibility index (Phi) is 9.35. The first kappa shape index (κ1) is 34.6. The first-order valence-electron chi connectivity index (χ1n) is 17.6. The number of aryl methyl sites for hydroxylation is 1. The predicted octanol–water partition coefficient (Wildman–Crippen LogP) is 7.61. The Labute approximate surface area is 291 Å². The molecule has 2 atom stereocenters. The molecule has 2 aromatic heterocycles. The van der Waals surface area contributed by atoms with Gasteiger partial charge in [0.25, 0.3) is 5.91 Å². The second-order valence-electron chi connectivity index (χ2n) is 15.9. The summed E-state index contributed by atoms with van der Waals surface area (Å²) < 4.78 is 15.9. The minimum atomic E-state index is -1.57. The van der Waals surface area contributed by atoms with Gasteiger partial charge < -0.3 is 28.8 Å². The van der Waals surface area contributed by atoms with E-state index in [1.165, 1.54) is 12.8 Å². The van der Waals surface area contributed by atoms with Crippen LogP contribution >= 0.6 is 0 Å². The highest BCUT2D eigenvalue weighted by molar-refractivity contribution is 6.83. The Morgan fingerprint density at radius 1 is 1.06 bits per heavy atom. The van der Waals surface area contributed by atoms with E-state index in [0.717, 1.165) is 52.9 Å². The summed E-state index contributed by atoms with van der Waals surface area (Å²) in [5, 5.41) is 4.16. The molecule has 2 aliphatic rings. The minimum absolute atomic E-state index is 0.102. The second kappa shape index (κ2) is 13.2. The largest absolute Gasteiger partial charge is 0.494 e. The van der Waals surface area contributed by atoms with Crippen molar-refractivity contribution in [1.82, 2.24) is 24.3 Å². The zero-order valence-corrected chi connectivity index (χ0v) is 31.6. The number of fused-ring (bicyclic) bond motifs is 2. The maximum Gasteiger partial charge on any atom is 0.407 e. The van der Waals surface area contributed by atoms with Gasteiger partial charge in [-0.05, 0) is 76.1 Å². The molecule has 1 N–H and O–H groups in total. The summed E-state index contributed by atoms with van der Waals surface area (Å²) in [5.41, 5.74) is 8.29. The van der Waals surface area contributed by atoms with E-state index in [-0.39, 0.29) is 17.9 Å². The molecule has 0 spiro atoms. The normalized spacial score (nSPS) is 18.3. The Hall–Kier alpha value is -4.23. The summed E-state index contributed by atoms with van der Waals surface area (Å²) >= 11 is 0. The van der Waals surface area contributed by atoms with E-state index >= 15 is 0 Å². The lowest BCUT2D eigenvalue weighted by atomic mass is 9.91. The van der Waals surface area contributed by atoms with Crippen molar-refractivity contribution in [3.8, 4) is 28.7 Å². The summed E-state index contributed by atoms with van der Waals surface area (Å²) in [6, 6.07) is 12.1. The van der Waals surface area contributed by atoms with Gasteiger partial charge in [0.2, 0.25) is 0 Å². The number of amides is 2. The lowest BCUT2D eigenvalue weighted by Gasteiger charge is -2.38. The Bertz CT molecular complexity index is 1960. The highest BCUT2D eigenvalue weighted by Gasteiger charge is 2.33. The van der Waals surface area contributed by atoms with E-state index in [1.54, 1.807) is 7.11 Å². The molecule has 3 heterocycles. The average molecular weight is 682 g/mol. The van der Waals surface area contributed by atoms with Crippen molar-refractivity contribution in [3.63, 3.8) is 0 Å². The standard InChI is InChI=1S/C39H51N5O4Si/c1-10-25-18-30(40-38(46)48-39(2,3)4)24-43(22-25)37(45)29-19-31-35(33(21-29)47-6)42(5)36(41-31)32-20-28-13-11-12-27(16-17-49(7,8)9)34(28)44(32)23-26-14-15-26/h11-13,19-21,25-26,30H,10,14-15,18,22-24H2,1-9H3,(H,40,46)/t25-,30?/m1/s1. The number of ether oxygens (including phenoxy) is 2. The van der Waals surface area contributed by atoms with Crippen molar-refractivity contribution >= 4 is 42.0 Å². The zero-order chi connectivity index (χ0) is 35.2. The fraction of sp³-hybridized carbons (Fsp3) is 0.513. The third-order valence-corrected chi connectivity index (χ3v) is 10.3. The van der Waals surface area contributed by atoms with E-state index in [9.17, 15) is 9.59 Å². The summed E-state index contributed by atoms with van der Waals surface area (Å²) in [6.45, 7) is 16.4. The first-order chi connectivity index (χ1) is 23.1. The van der Waals surface area contributed by atoms with Crippen LogP contribution in [0.5, 0.6) is 5.75 Å². The summed E-state index contributed by atoms with van der Waals surface area (Å²) in [5.74, 6) is 5.77. The second-order valence-corrected chi connectivity index (χ2v) is 20.7. The first-order valence-corrected chi connectivity index (χ1v) is 21.1. The van der Waals surface area contributed by atoms with Gasteiger partial charge in [-0.15, -0.1) is 5.54 Å². The van der Waals surface area contributed by atoms with Gasteiger partial charge in [0.1, 0.15) is 24.9 Å². The van der Waals surface area contributed by atoms with Gasteiger partial charge in [0.05, 0.1) is 29.9 Å². The van der Waals surface area contributed by atoms with Crippen LogP contribution in [0.3, 0.4) is 0 Å². The van der Waals surface area contributed by atoms with Crippen molar-refractivity contribution in [1.29, 1.82) is 0 Å². The Morgan fingerprint density at radius 3 is 2.47 bits per heavy atom. The number of hydrogen-bond acceptors (Lipinski definition) is 5. The molecule has 4 aromatic rings. The number of para-hydroxylation sites is 1. The monoisotopic (exact) mass is 681 g/mol. The molecule has 1 aliphatic heterocycles. The van der Waals surface area contributed by atoms with E-state index in [1.807, 2.05) is 44.9 Å². The fourth-order valence-corrected chi connectivity index (χ4v) is 7.37. The zero-order valence-electron chi connectivity index (χ0n) is 30.6. The van der Waals surface area contributed by atoms with Crippen LogP contribution in [0.2, 0.25) is 19.6 Å². The van der Waals surface area contributed by atoms with Gasteiger partial charge >= 0.3 is 6.09 Å². The van der Waals surface area contributed by atoms with Gasteiger partial charge in [-0.25, -0.2) is 9.78 Å². The van der Waals surface area contributed by atoms with Crippen LogP contribution in [0.25, 0.3) is 33.5 Å². The molecule has 1 unspecified atom stereocenters. The molecule has 0 radical (unpaired) electrons. The molecule has 1 aliphatic carbocycles. The van der Waals surface area contributed by atoms with Crippen LogP contribution < -0.4 is 10.1 Å². The summed E-state index contributed by atoms with van der Waals surface area (Å²) in [7, 11) is 2.08. The third kappa shape index (κ3) is 7.67. The summed E-state index contributed by atoms with van der Waals surface area (Å²) in [6.07, 6.45) is 3.70. The number of benzene rings is 2. The van der Waals surface area contributed by atoms with Crippen molar-refractivity contribution in [2.75, 3.05) is 20.2 Å². The van der Waals surface area contributed by atoms with Crippen molar-refractivity contribution < 1.29 is 19.1 Å². The lowest BCUT2D eigenvalue weighted by Crippen LogP contribution is -2.53. The van der Waals surface area contributed by atoms with Gasteiger partial charge in [-0.2, -0.15) is 0 Å². The molecular weight excluding hydrogens is 631 g/mol. The number of nitrogens with zero attached hydrogens (tertiary/aromatic N) is 4. The van der Waals surface area contributed by atoms with Crippen molar-refractivity contribution in [2.45, 2.75) is 91.2 Å². The number of carbonyl (C=O) groups excluding carboxylic acids is 2. The average Bonchev–Trinajstić information content (AvgIpc) is 3.69. The van der Waals surface area contributed by atoms with Crippen LogP contribution in [-0.4, -0.2) is 70.9 Å². The number of hydrogen-bond donors (Lipinski definition) is 1. The van der Waals surface area contributed by atoms with Crippen molar-refractivity contribution in [2.24, 2.45) is 18.9 Å². The number of alkyl carbamates (subject to hydrolysis) is 1. The maximum atomic E-state index is 14.1. The maximum absolute atomic E-state index is 14.1. The minimum Gasteiger partial charge on any atom is -0.494 e. The molecule has 1 saturated carbocycles. The molecule has 2 aromatic carbocycles. The highest BCUT2D eigenvalue weighted by atomic mass is 28.3. The number of rotatable bonds is 7. The number of nitrogens with one attached hydrogen (secondary N) is 1. The Morgan fingerprint density at radius 2 is 1.82 bits per heavy atom. The van der Waals surface area contributed by atoms with Crippen LogP contribution in [0.1, 0.15) is 69.3 Å². The SMILES string of the molecule is CC[C@@H]1CC(NC(=O)OC(C)(C)C)CN(C(=O)c2cc(OC)c3c(c2)nc(-c2cc4cccc(C#C[Si](C)(C)C)c4n2CC2CC2)n3C)C1. The number of aromatic nitrogens is 3. The molecule has 2 amide bonds. The number of imidazole rings is 1. The van der Waals surface area contributed by atoms with Gasteiger partial charge in [-0.1, -0.05) is 51.0 Å². The third-order valence-electron chi connectivity index (χ3n) is 9.38. The molecule has 0 bridgehead atoms. The molecular formula is C39H51N5O4Si. The number of methoxy groups -OCH3 is 1. The van der Waals surface area contributed by atoms with E-state index in [0.29, 0.717) is 35.8 Å². The topological polar surface area (TPSA) is 90.6 Å².